The van der Waals surface area contributed by atoms with Crippen molar-refractivity contribution in [2.75, 3.05) is 24.7 Å². The maximum Gasteiger partial charge on any atom is 0.305 e. The first kappa shape index (κ1) is 47.2. The minimum atomic E-state index is -0.0745. The number of thiol groups is 2. The molecule has 0 fully saturated rings. The predicted molar refractivity (Wildman–Crippen MR) is 173 cm³/mol. The SMILES string of the molecule is CCCC.CCCC.CCCCCCCCC(=O)OCCS.CCCCCCCCC(=O)OCCS.[Sn]. The Morgan fingerprint density at radius 1 is 0.459 bits per heavy atom. The Hall–Kier alpha value is 0.439. The van der Waals surface area contributed by atoms with Crippen molar-refractivity contribution in [2.45, 2.75) is 157 Å². The van der Waals surface area contributed by atoms with E-state index in [9.17, 15) is 9.59 Å². The van der Waals surface area contributed by atoms with Crippen molar-refractivity contribution in [3.63, 3.8) is 0 Å². The maximum absolute atomic E-state index is 11.0. The fourth-order valence-electron chi connectivity index (χ4n) is 2.56. The number of carbonyl (C=O) groups is 2. The van der Waals surface area contributed by atoms with E-state index in [1.807, 2.05) is 0 Å². The fraction of sp³-hybridized carbons (Fsp3) is 0.933. The normalized spacial score (nSPS) is 9.30. The second kappa shape index (κ2) is 49.4. The molecule has 0 aromatic rings. The van der Waals surface area contributed by atoms with Crippen molar-refractivity contribution in [3.05, 3.63) is 0 Å². The summed E-state index contributed by atoms with van der Waals surface area (Å²) in [5.74, 6) is 1.08. The van der Waals surface area contributed by atoms with Gasteiger partial charge in [0.25, 0.3) is 0 Å². The molecule has 0 unspecified atom stereocenters. The summed E-state index contributed by atoms with van der Waals surface area (Å²) >= 11 is 7.93. The van der Waals surface area contributed by atoms with E-state index in [0.717, 1.165) is 25.7 Å². The molecule has 0 atom stereocenters. The van der Waals surface area contributed by atoms with E-state index >= 15 is 0 Å². The van der Waals surface area contributed by atoms with Crippen molar-refractivity contribution in [1.82, 2.24) is 0 Å². The van der Waals surface area contributed by atoms with E-state index in [1.165, 1.54) is 77.0 Å². The number of ether oxygens (including phenoxy) is 2. The van der Waals surface area contributed by atoms with E-state index in [2.05, 4.69) is 66.8 Å². The van der Waals surface area contributed by atoms with Gasteiger partial charge in [-0.2, -0.15) is 25.3 Å². The van der Waals surface area contributed by atoms with E-state index in [1.54, 1.807) is 0 Å². The first-order valence-electron chi connectivity index (χ1n) is 15.0. The van der Waals surface area contributed by atoms with E-state index in [-0.39, 0.29) is 35.8 Å². The van der Waals surface area contributed by atoms with Gasteiger partial charge in [-0.15, -0.1) is 0 Å². The largest absolute Gasteiger partial charge is 0.465 e. The van der Waals surface area contributed by atoms with E-state index in [0.29, 0.717) is 37.6 Å². The molecule has 0 heterocycles. The zero-order valence-corrected chi connectivity index (χ0v) is 30.2. The molecule has 4 nitrogen and oxygen atoms in total. The fourth-order valence-corrected chi connectivity index (χ4v) is 2.75. The molecular weight excluding hydrogens is 607 g/mol. The summed E-state index contributed by atoms with van der Waals surface area (Å²) in [6, 6.07) is 0. The number of esters is 2. The van der Waals surface area contributed by atoms with Crippen LogP contribution in [0.1, 0.15) is 157 Å². The van der Waals surface area contributed by atoms with Crippen molar-refractivity contribution in [3.8, 4) is 0 Å². The van der Waals surface area contributed by atoms with Crippen LogP contribution < -0.4 is 0 Å². The topological polar surface area (TPSA) is 52.6 Å². The van der Waals surface area contributed by atoms with Crippen LogP contribution >= 0.6 is 25.3 Å². The summed E-state index contributed by atoms with van der Waals surface area (Å²) in [6.07, 6.45) is 20.9. The van der Waals surface area contributed by atoms with Crippen LogP contribution in [-0.4, -0.2) is 60.6 Å². The van der Waals surface area contributed by atoms with E-state index in [4.69, 9.17) is 9.47 Å². The van der Waals surface area contributed by atoms with Gasteiger partial charge in [-0.05, 0) is 12.8 Å². The van der Waals surface area contributed by atoms with Crippen LogP contribution in [0.3, 0.4) is 0 Å². The van der Waals surface area contributed by atoms with Crippen molar-refractivity contribution >= 4 is 61.1 Å². The summed E-state index contributed by atoms with van der Waals surface area (Å²) < 4.78 is 9.81. The zero-order valence-electron chi connectivity index (χ0n) is 25.6. The summed E-state index contributed by atoms with van der Waals surface area (Å²) in [5.41, 5.74) is 0. The number of hydrogen-bond donors (Lipinski definition) is 2. The van der Waals surface area contributed by atoms with Gasteiger partial charge in [0, 0.05) is 48.3 Å². The second-order valence-corrected chi connectivity index (χ2v) is 9.82. The predicted octanol–water partition coefficient (Wildman–Crippen LogP) is 9.65. The minimum Gasteiger partial charge on any atom is -0.465 e. The average Bonchev–Trinajstić information content (AvgIpc) is 2.90. The molecular formula is C30H64O4S2Sn. The van der Waals surface area contributed by atoms with Crippen LogP contribution in [0.25, 0.3) is 0 Å². The third-order valence-electron chi connectivity index (χ3n) is 5.18. The van der Waals surface area contributed by atoms with Gasteiger partial charge in [0.2, 0.25) is 0 Å². The van der Waals surface area contributed by atoms with Gasteiger partial charge in [-0.3, -0.25) is 9.59 Å². The molecule has 0 rings (SSSR count). The molecule has 7 heteroatoms. The molecule has 224 valence electrons. The molecule has 0 aromatic heterocycles. The van der Waals surface area contributed by atoms with Gasteiger partial charge in [0.15, 0.2) is 0 Å². The van der Waals surface area contributed by atoms with E-state index < -0.39 is 0 Å². The van der Waals surface area contributed by atoms with Crippen molar-refractivity contribution in [1.29, 1.82) is 0 Å². The summed E-state index contributed by atoms with van der Waals surface area (Å²) in [7, 11) is 0. The Balaban J connectivity index is -0.000000140. The molecule has 0 N–H and O–H groups in total. The number of rotatable bonds is 20. The van der Waals surface area contributed by atoms with Gasteiger partial charge in [-0.1, -0.05) is 131 Å². The Morgan fingerprint density at radius 2 is 0.730 bits per heavy atom. The van der Waals surface area contributed by atoms with Crippen molar-refractivity contribution in [2.24, 2.45) is 0 Å². The van der Waals surface area contributed by atoms with Crippen LogP contribution in [0, 0.1) is 0 Å². The third kappa shape index (κ3) is 61.8. The molecule has 37 heavy (non-hydrogen) atoms. The second-order valence-electron chi connectivity index (χ2n) is 8.92. The van der Waals surface area contributed by atoms with Crippen LogP contribution in [0.15, 0.2) is 0 Å². The summed E-state index contributed by atoms with van der Waals surface area (Å²) in [4.78, 5) is 22.1. The molecule has 0 bridgehead atoms. The molecule has 0 saturated carbocycles. The van der Waals surface area contributed by atoms with Crippen LogP contribution in [-0.2, 0) is 19.1 Å². The molecule has 0 aliphatic rings. The molecule has 0 saturated heterocycles. The van der Waals surface area contributed by atoms with Crippen LogP contribution in [0.2, 0.25) is 0 Å². The monoisotopic (exact) mass is 672 g/mol. The summed E-state index contributed by atoms with van der Waals surface area (Å²) in [6.45, 7) is 14.0. The molecule has 0 aliphatic carbocycles. The first-order valence-corrected chi connectivity index (χ1v) is 16.2. The quantitative estimate of drug-likeness (QED) is 0.0586. The Bertz CT molecular complexity index is 360. The smallest absolute Gasteiger partial charge is 0.305 e. The van der Waals surface area contributed by atoms with Gasteiger partial charge in [0.05, 0.1) is 0 Å². The molecule has 0 amide bonds. The first-order chi connectivity index (χ1) is 17.4. The number of unbranched alkanes of at least 4 members (excludes halogenated alkanes) is 12. The summed E-state index contributed by atoms with van der Waals surface area (Å²) in [5, 5.41) is 0. The van der Waals surface area contributed by atoms with Gasteiger partial charge in [-0.25, -0.2) is 0 Å². The minimum absolute atomic E-state index is 0. The molecule has 0 aromatic carbocycles. The Morgan fingerprint density at radius 3 is 0.973 bits per heavy atom. The van der Waals surface area contributed by atoms with Crippen LogP contribution in [0.4, 0.5) is 0 Å². The van der Waals surface area contributed by atoms with Gasteiger partial charge < -0.3 is 9.47 Å². The van der Waals surface area contributed by atoms with Gasteiger partial charge >= 0.3 is 11.9 Å². The molecule has 0 aliphatic heterocycles. The molecule has 0 spiro atoms. The Labute approximate surface area is 260 Å². The standard InChI is InChI=1S/2C11H22O2S.2C4H10.Sn/c2*1-2-3-4-5-6-7-8-11(12)13-9-10-14;2*1-3-4-2;/h2*14H,2-10H2,1H3;2*3-4H2,1-2H3;. The third-order valence-corrected chi connectivity index (χ3v) is 5.54. The van der Waals surface area contributed by atoms with Crippen LogP contribution in [0.5, 0.6) is 0 Å². The Kier molecular flexibility index (Phi) is 63.1. The maximum atomic E-state index is 11.0. The zero-order chi connectivity index (χ0) is 28.1. The number of carbonyl (C=O) groups excluding carboxylic acids is 2. The van der Waals surface area contributed by atoms with Crippen molar-refractivity contribution < 1.29 is 19.1 Å². The van der Waals surface area contributed by atoms with Gasteiger partial charge in [0.1, 0.15) is 13.2 Å². The average molecular weight is 672 g/mol. The molecule has 4 radical (unpaired) electrons. The number of hydrogen-bond acceptors (Lipinski definition) is 6.